The van der Waals surface area contributed by atoms with E-state index in [1.165, 1.54) is 0 Å². The first-order chi connectivity index (χ1) is 10.6. The summed E-state index contributed by atoms with van der Waals surface area (Å²) < 4.78 is 7.85. The molecular formula is C18H18N2O2. The van der Waals surface area contributed by atoms with Crippen LogP contribution in [0.25, 0.3) is 5.65 Å². The molecule has 0 atom stereocenters. The number of hydrogen-bond acceptors (Lipinski definition) is 3. The quantitative estimate of drug-likeness (QED) is 0.689. The summed E-state index contributed by atoms with van der Waals surface area (Å²) in [6.45, 7) is 5.95. The molecule has 2 heterocycles. The summed E-state index contributed by atoms with van der Waals surface area (Å²) >= 11 is 0. The highest BCUT2D eigenvalue weighted by Crippen LogP contribution is 2.25. The van der Waals surface area contributed by atoms with Crippen molar-refractivity contribution in [3.05, 3.63) is 65.1 Å². The molecule has 0 saturated carbocycles. The molecule has 0 spiro atoms. The number of carbonyl (C=O) groups excluding carboxylic acids is 1. The Labute approximate surface area is 129 Å². The van der Waals surface area contributed by atoms with Crippen LogP contribution in [0.5, 0.6) is 5.75 Å². The Morgan fingerprint density at radius 2 is 1.95 bits per heavy atom. The molecular weight excluding hydrogens is 276 g/mol. The van der Waals surface area contributed by atoms with Crippen molar-refractivity contribution in [2.24, 2.45) is 0 Å². The highest BCUT2D eigenvalue weighted by Gasteiger charge is 2.13. The number of benzene rings is 1. The number of rotatable bonds is 4. The van der Waals surface area contributed by atoms with Crippen LogP contribution in [0.15, 0.2) is 42.6 Å². The average molecular weight is 294 g/mol. The summed E-state index contributed by atoms with van der Waals surface area (Å²) in [6.07, 6.45) is 1.82. The van der Waals surface area contributed by atoms with Gasteiger partial charge in [0.15, 0.2) is 17.2 Å². The molecule has 0 bridgehead atoms. The van der Waals surface area contributed by atoms with Crippen LogP contribution in [-0.4, -0.2) is 15.2 Å². The minimum absolute atomic E-state index is 0.0113. The molecule has 2 aromatic heterocycles. The van der Waals surface area contributed by atoms with E-state index in [1.807, 2.05) is 54.8 Å². The fourth-order valence-corrected chi connectivity index (χ4v) is 2.37. The summed E-state index contributed by atoms with van der Waals surface area (Å²) in [5.41, 5.74) is 4.40. The summed E-state index contributed by atoms with van der Waals surface area (Å²) in [6, 6.07) is 11.7. The molecule has 0 aliphatic heterocycles. The second kappa shape index (κ2) is 5.64. The molecule has 0 unspecified atom stereocenters. The molecule has 4 heteroatoms. The number of imidazole rings is 1. The third-order valence-corrected chi connectivity index (χ3v) is 3.81. The number of Topliss-reactive ketones (excluding diaryl/α,β-unsaturated/α-hetero) is 1. The zero-order chi connectivity index (χ0) is 15.7. The Morgan fingerprint density at radius 1 is 1.23 bits per heavy atom. The van der Waals surface area contributed by atoms with Crippen LogP contribution in [0.1, 0.15) is 34.2 Å². The van der Waals surface area contributed by atoms with Gasteiger partial charge in [0, 0.05) is 17.5 Å². The largest absolute Gasteiger partial charge is 0.485 e. The molecule has 0 radical (unpaired) electrons. The van der Waals surface area contributed by atoms with Gasteiger partial charge in [-0.25, -0.2) is 4.98 Å². The Bertz CT molecular complexity index is 835. The highest BCUT2D eigenvalue weighted by molar-refractivity contribution is 5.94. The summed E-state index contributed by atoms with van der Waals surface area (Å²) in [5, 5.41) is 0. The molecule has 0 aliphatic rings. The fourth-order valence-electron chi connectivity index (χ4n) is 2.37. The first kappa shape index (κ1) is 14.3. The lowest BCUT2D eigenvalue weighted by Gasteiger charge is -2.10. The number of ketones is 1. The first-order valence-corrected chi connectivity index (χ1v) is 7.23. The molecule has 3 aromatic rings. The van der Waals surface area contributed by atoms with Crippen LogP contribution in [0.4, 0.5) is 0 Å². The lowest BCUT2D eigenvalue weighted by Crippen LogP contribution is -2.02. The van der Waals surface area contributed by atoms with Crippen molar-refractivity contribution in [1.29, 1.82) is 0 Å². The average Bonchev–Trinajstić information content (AvgIpc) is 2.81. The summed E-state index contributed by atoms with van der Waals surface area (Å²) in [5.74, 6) is 0.643. The number of pyridine rings is 1. The lowest BCUT2D eigenvalue weighted by atomic mass is 10.2. The Hall–Kier alpha value is -2.62. The van der Waals surface area contributed by atoms with E-state index < -0.39 is 0 Å². The van der Waals surface area contributed by atoms with Crippen LogP contribution in [0.2, 0.25) is 0 Å². The van der Waals surface area contributed by atoms with Gasteiger partial charge in [-0.1, -0.05) is 30.3 Å². The number of aryl methyl sites for hydroxylation is 2. The van der Waals surface area contributed by atoms with Gasteiger partial charge in [-0.15, -0.1) is 0 Å². The molecule has 1 aromatic carbocycles. The van der Waals surface area contributed by atoms with Crippen molar-refractivity contribution >= 4 is 11.4 Å². The number of ether oxygens (including phenoxy) is 1. The van der Waals surface area contributed by atoms with E-state index in [4.69, 9.17) is 4.74 Å². The molecule has 0 fully saturated rings. The highest BCUT2D eigenvalue weighted by atomic mass is 16.5. The third-order valence-electron chi connectivity index (χ3n) is 3.81. The van der Waals surface area contributed by atoms with Gasteiger partial charge in [0.05, 0.1) is 5.69 Å². The molecule has 0 aliphatic carbocycles. The zero-order valence-electron chi connectivity index (χ0n) is 13.0. The van der Waals surface area contributed by atoms with Crippen molar-refractivity contribution in [2.75, 3.05) is 0 Å². The molecule has 22 heavy (non-hydrogen) atoms. The molecule has 112 valence electrons. The van der Waals surface area contributed by atoms with Gasteiger partial charge in [-0.2, -0.15) is 0 Å². The number of fused-ring (bicyclic) bond motifs is 1. The number of carbonyl (C=O) groups is 1. The number of hydrogen-bond donors (Lipinski definition) is 0. The Morgan fingerprint density at radius 3 is 2.64 bits per heavy atom. The monoisotopic (exact) mass is 294 g/mol. The van der Waals surface area contributed by atoms with E-state index >= 15 is 0 Å². The molecule has 3 rings (SSSR count). The number of nitrogens with zero attached hydrogens (tertiary/aromatic N) is 2. The van der Waals surface area contributed by atoms with Gasteiger partial charge < -0.3 is 9.14 Å². The van der Waals surface area contributed by atoms with Gasteiger partial charge in [0.2, 0.25) is 0 Å². The van der Waals surface area contributed by atoms with Gasteiger partial charge in [-0.05, 0) is 32.4 Å². The zero-order valence-corrected chi connectivity index (χ0v) is 13.0. The SMILES string of the molecule is CC(=O)c1cc(OCc2ccccc2)c2nc(C)c(C)n2c1. The van der Waals surface area contributed by atoms with Crippen molar-refractivity contribution < 1.29 is 9.53 Å². The third kappa shape index (κ3) is 2.60. The molecule has 0 saturated heterocycles. The van der Waals surface area contributed by atoms with E-state index in [0.717, 1.165) is 22.6 Å². The van der Waals surface area contributed by atoms with Crippen LogP contribution in [-0.2, 0) is 6.61 Å². The summed E-state index contributed by atoms with van der Waals surface area (Å²) in [4.78, 5) is 16.3. The number of aromatic nitrogens is 2. The van der Waals surface area contributed by atoms with Crippen molar-refractivity contribution in [3.8, 4) is 5.75 Å². The topological polar surface area (TPSA) is 43.6 Å². The van der Waals surface area contributed by atoms with Gasteiger partial charge in [0.1, 0.15) is 6.61 Å². The van der Waals surface area contributed by atoms with E-state index in [1.54, 1.807) is 13.0 Å². The molecule has 4 nitrogen and oxygen atoms in total. The predicted octanol–water partition coefficient (Wildman–Crippen LogP) is 3.73. The first-order valence-electron chi connectivity index (χ1n) is 7.23. The normalized spacial score (nSPS) is 10.9. The maximum Gasteiger partial charge on any atom is 0.180 e. The van der Waals surface area contributed by atoms with E-state index in [-0.39, 0.29) is 5.78 Å². The van der Waals surface area contributed by atoms with Crippen molar-refractivity contribution in [3.63, 3.8) is 0 Å². The van der Waals surface area contributed by atoms with Gasteiger partial charge in [0.25, 0.3) is 0 Å². The van der Waals surface area contributed by atoms with Gasteiger partial charge in [-0.3, -0.25) is 4.79 Å². The standard InChI is InChI=1S/C18H18N2O2/c1-12-13(2)20-10-16(14(3)21)9-17(18(20)19-12)22-11-15-7-5-4-6-8-15/h4-10H,11H2,1-3H3. The Balaban J connectivity index is 2.03. The fraction of sp³-hybridized carbons (Fsp3) is 0.222. The maximum absolute atomic E-state index is 11.7. The summed E-state index contributed by atoms with van der Waals surface area (Å²) in [7, 11) is 0. The minimum atomic E-state index is 0.0113. The van der Waals surface area contributed by atoms with E-state index in [0.29, 0.717) is 17.9 Å². The minimum Gasteiger partial charge on any atom is -0.485 e. The van der Waals surface area contributed by atoms with E-state index in [9.17, 15) is 4.79 Å². The van der Waals surface area contributed by atoms with Crippen LogP contribution in [0.3, 0.4) is 0 Å². The second-order valence-corrected chi connectivity index (χ2v) is 5.40. The van der Waals surface area contributed by atoms with Crippen molar-refractivity contribution in [1.82, 2.24) is 9.38 Å². The maximum atomic E-state index is 11.7. The van der Waals surface area contributed by atoms with Crippen LogP contribution in [0, 0.1) is 13.8 Å². The van der Waals surface area contributed by atoms with Crippen LogP contribution < -0.4 is 4.74 Å². The molecule has 0 N–H and O–H groups in total. The lowest BCUT2D eigenvalue weighted by molar-refractivity contribution is 0.101. The van der Waals surface area contributed by atoms with Gasteiger partial charge >= 0.3 is 0 Å². The van der Waals surface area contributed by atoms with E-state index in [2.05, 4.69) is 4.98 Å². The van der Waals surface area contributed by atoms with Crippen LogP contribution >= 0.6 is 0 Å². The molecule has 0 amide bonds. The predicted molar refractivity (Wildman–Crippen MR) is 85.4 cm³/mol. The van der Waals surface area contributed by atoms with Crippen molar-refractivity contribution in [2.45, 2.75) is 27.4 Å². The smallest absolute Gasteiger partial charge is 0.180 e. The second-order valence-electron chi connectivity index (χ2n) is 5.40. The Kier molecular flexibility index (Phi) is 3.67.